The van der Waals surface area contributed by atoms with Gasteiger partial charge in [-0.05, 0) is 17.7 Å². The fourth-order valence-corrected chi connectivity index (χ4v) is 1.00. The molecule has 1 N–H and O–H groups in total. The van der Waals surface area contributed by atoms with E-state index in [4.69, 9.17) is 9.53 Å². The highest BCUT2D eigenvalue weighted by molar-refractivity contribution is 5.99. The number of hydrogen-bond acceptors (Lipinski definition) is 2. The number of rotatable bonds is 2. The normalized spacial score (nSPS) is 9.70. The molecule has 0 aliphatic carbocycles. The molecule has 0 bridgehead atoms. The van der Waals surface area contributed by atoms with Crippen LogP contribution >= 0.6 is 0 Å². The minimum absolute atomic E-state index is 0.0986. The van der Waals surface area contributed by atoms with Crippen molar-refractivity contribution in [2.45, 2.75) is 6.61 Å². The maximum atomic E-state index is 8.67. The average Bonchev–Trinajstić information content (AvgIpc) is 2.05. The highest BCUT2D eigenvalue weighted by Crippen LogP contribution is 2.10. The fraction of sp³-hybridized carbons (Fsp3) is 0.143. The van der Waals surface area contributed by atoms with Crippen molar-refractivity contribution in [3.63, 3.8) is 0 Å². The molecular formula is C7H10O2Si. The summed E-state index contributed by atoms with van der Waals surface area (Å²) >= 11 is 0. The predicted molar refractivity (Wildman–Crippen MR) is 42.9 cm³/mol. The van der Waals surface area contributed by atoms with E-state index in [1.807, 2.05) is 24.3 Å². The summed E-state index contributed by atoms with van der Waals surface area (Å²) in [4.78, 5) is 0. The van der Waals surface area contributed by atoms with Crippen molar-refractivity contribution in [2.75, 3.05) is 0 Å². The molecule has 1 aromatic carbocycles. The molecular weight excluding hydrogens is 144 g/mol. The van der Waals surface area contributed by atoms with Gasteiger partial charge in [-0.3, -0.25) is 0 Å². The lowest BCUT2D eigenvalue weighted by Gasteiger charge is -1.99. The standard InChI is InChI=1S/C7H10O2Si/c8-5-6-1-3-7(9-10)4-2-6/h1-4,8H,5H2,10H3. The molecule has 0 unspecified atom stereocenters. The van der Waals surface area contributed by atoms with Crippen LogP contribution < -0.4 is 4.43 Å². The predicted octanol–water partition coefficient (Wildman–Crippen LogP) is -0.162. The van der Waals surface area contributed by atoms with Gasteiger partial charge in [-0.25, -0.2) is 0 Å². The monoisotopic (exact) mass is 154 g/mol. The van der Waals surface area contributed by atoms with E-state index in [-0.39, 0.29) is 6.61 Å². The molecule has 0 heterocycles. The van der Waals surface area contributed by atoms with Crippen molar-refractivity contribution in [3.05, 3.63) is 29.8 Å². The second-order valence-electron chi connectivity index (χ2n) is 2.01. The van der Waals surface area contributed by atoms with E-state index >= 15 is 0 Å². The van der Waals surface area contributed by atoms with Gasteiger partial charge in [0.15, 0.2) is 0 Å². The van der Waals surface area contributed by atoms with Gasteiger partial charge in [-0.2, -0.15) is 0 Å². The van der Waals surface area contributed by atoms with Gasteiger partial charge >= 0.3 is 0 Å². The van der Waals surface area contributed by atoms with Gasteiger partial charge in [-0.1, -0.05) is 12.1 Å². The van der Waals surface area contributed by atoms with Gasteiger partial charge in [0.25, 0.3) is 0 Å². The largest absolute Gasteiger partial charge is 0.553 e. The Labute approximate surface area is 63.0 Å². The van der Waals surface area contributed by atoms with Crippen molar-refractivity contribution in [1.29, 1.82) is 0 Å². The highest BCUT2D eigenvalue weighted by Gasteiger charge is 1.89. The molecule has 0 aromatic heterocycles. The first-order valence-corrected chi connectivity index (χ1v) is 3.92. The van der Waals surface area contributed by atoms with Crippen LogP contribution in [0.4, 0.5) is 0 Å². The molecule has 2 nitrogen and oxygen atoms in total. The number of benzene rings is 1. The summed E-state index contributed by atoms with van der Waals surface area (Å²) < 4.78 is 5.07. The van der Waals surface area contributed by atoms with E-state index in [0.29, 0.717) is 10.5 Å². The minimum atomic E-state index is 0.0986. The van der Waals surface area contributed by atoms with Gasteiger partial charge in [0.05, 0.1) is 6.61 Å². The molecule has 0 aliphatic heterocycles. The number of hydrogen-bond donors (Lipinski definition) is 1. The molecule has 1 aromatic rings. The molecule has 3 heteroatoms. The van der Waals surface area contributed by atoms with Gasteiger partial charge in [-0.15, -0.1) is 0 Å². The summed E-state index contributed by atoms with van der Waals surface area (Å²) in [6.45, 7) is 0.0986. The summed E-state index contributed by atoms with van der Waals surface area (Å²) in [5.41, 5.74) is 0.919. The van der Waals surface area contributed by atoms with E-state index in [2.05, 4.69) is 0 Å². The van der Waals surface area contributed by atoms with Crippen LogP contribution in [-0.2, 0) is 6.61 Å². The van der Waals surface area contributed by atoms with E-state index in [0.717, 1.165) is 11.3 Å². The Hall–Kier alpha value is -0.803. The van der Waals surface area contributed by atoms with E-state index < -0.39 is 0 Å². The Balaban J connectivity index is 2.80. The average molecular weight is 154 g/mol. The van der Waals surface area contributed by atoms with E-state index in [9.17, 15) is 0 Å². The summed E-state index contributed by atoms with van der Waals surface area (Å²) in [7, 11) is 0.713. The van der Waals surface area contributed by atoms with Crippen molar-refractivity contribution in [1.82, 2.24) is 0 Å². The van der Waals surface area contributed by atoms with E-state index in [1.165, 1.54) is 0 Å². The van der Waals surface area contributed by atoms with Crippen molar-refractivity contribution in [2.24, 2.45) is 0 Å². The highest BCUT2D eigenvalue weighted by atomic mass is 28.2. The second-order valence-corrected chi connectivity index (χ2v) is 2.41. The fourth-order valence-electron chi connectivity index (χ4n) is 0.731. The molecule has 54 valence electrons. The lowest BCUT2D eigenvalue weighted by molar-refractivity contribution is 0.282. The summed E-state index contributed by atoms with van der Waals surface area (Å²) in [6, 6.07) is 7.43. The maximum absolute atomic E-state index is 8.67. The second kappa shape index (κ2) is 3.39. The lowest BCUT2D eigenvalue weighted by Crippen LogP contribution is -1.86. The van der Waals surface area contributed by atoms with Crippen LogP contribution in [0.1, 0.15) is 5.56 Å². The Morgan fingerprint density at radius 2 is 1.90 bits per heavy atom. The molecule has 0 saturated carbocycles. The lowest BCUT2D eigenvalue weighted by atomic mass is 10.2. The summed E-state index contributed by atoms with van der Waals surface area (Å²) in [6.07, 6.45) is 0. The Morgan fingerprint density at radius 3 is 2.30 bits per heavy atom. The molecule has 0 spiro atoms. The smallest absolute Gasteiger partial charge is 0.204 e. The molecule has 0 radical (unpaired) electrons. The number of aliphatic hydroxyl groups excluding tert-OH is 1. The van der Waals surface area contributed by atoms with Crippen molar-refractivity contribution < 1.29 is 9.53 Å². The number of aliphatic hydroxyl groups is 1. The third kappa shape index (κ3) is 1.59. The molecule has 10 heavy (non-hydrogen) atoms. The van der Waals surface area contributed by atoms with Crippen LogP contribution in [0.5, 0.6) is 5.75 Å². The third-order valence-electron chi connectivity index (χ3n) is 1.34. The van der Waals surface area contributed by atoms with Crippen LogP contribution in [-0.4, -0.2) is 15.6 Å². The van der Waals surface area contributed by atoms with Crippen LogP contribution in [0.15, 0.2) is 24.3 Å². The molecule has 0 fully saturated rings. The Bertz CT molecular complexity index is 172. The van der Waals surface area contributed by atoms with Crippen LogP contribution in [0.25, 0.3) is 0 Å². The van der Waals surface area contributed by atoms with E-state index in [1.54, 1.807) is 0 Å². The molecule has 0 saturated heterocycles. The zero-order chi connectivity index (χ0) is 7.40. The molecule has 0 aliphatic rings. The third-order valence-corrected chi connectivity index (χ3v) is 1.81. The topological polar surface area (TPSA) is 29.5 Å². The Kier molecular flexibility index (Phi) is 2.47. The maximum Gasteiger partial charge on any atom is 0.204 e. The van der Waals surface area contributed by atoms with Crippen molar-refractivity contribution >= 4 is 10.5 Å². The van der Waals surface area contributed by atoms with Crippen molar-refractivity contribution in [3.8, 4) is 5.75 Å². The molecule has 0 atom stereocenters. The first-order valence-electron chi connectivity index (χ1n) is 3.10. The minimum Gasteiger partial charge on any atom is -0.553 e. The zero-order valence-corrected chi connectivity index (χ0v) is 7.87. The van der Waals surface area contributed by atoms with Gasteiger partial charge < -0.3 is 9.53 Å². The molecule has 0 amide bonds. The van der Waals surface area contributed by atoms with Crippen LogP contribution in [0, 0.1) is 0 Å². The first-order chi connectivity index (χ1) is 4.86. The van der Waals surface area contributed by atoms with Gasteiger partial charge in [0.1, 0.15) is 5.75 Å². The summed E-state index contributed by atoms with van der Waals surface area (Å²) in [5.74, 6) is 0.879. The van der Waals surface area contributed by atoms with Gasteiger partial charge in [0.2, 0.25) is 10.5 Å². The van der Waals surface area contributed by atoms with Crippen LogP contribution in [0.2, 0.25) is 0 Å². The van der Waals surface area contributed by atoms with Crippen LogP contribution in [0.3, 0.4) is 0 Å². The summed E-state index contributed by atoms with van der Waals surface area (Å²) in [5, 5.41) is 8.67. The molecule has 1 rings (SSSR count). The first kappa shape index (κ1) is 7.31. The zero-order valence-electron chi connectivity index (χ0n) is 5.87. The SMILES string of the molecule is OCc1ccc(O[SiH3])cc1. The van der Waals surface area contributed by atoms with Gasteiger partial charge in [0, 0.05) is 0 Å². The Morgan fingerprint density at radius 1 is 1.30 bits per heavy atom. The quantitative estimate of drug-likeness (QED) is 0.600.